The van der Waals surface area contributed by atoms with Crippen LogP contribution in [0.1, 0.15) is 28.2 Å². The molecule has 1 aliphatic heterocycles. The molecule has 4 rings (SSSR count). The van der Waals surface area contributed by atoms with E-state index in [-0.39, 0.29) is 0 Å². The number of anilines is 1. The molecule has 2 aliphatic rings. The Morgan fingerprint density at radius 3 is 2.74 bits per heavy atom. The SMILES string of the molecule is Nc1ccc2c(c1)CN(CC1Cc3ccccc31)C2. The molecule has 0 aromatic heterocycles. The second-order valence-corrected chi connectivity index (χ2v) is 5.80. The minimum absolute atomic E-state index is 0.725. The molecule has 0 spiro atoms. The molecule has 1 heterocycles. The molecule has 2 nitrogen and oxygen atoms in total. The van der Waals surface area contributed by atoms with Crippen LogP contribution in [0.4, 0.5) is 5.69 Å². The van der Waals surface area contributed by atoms with Crippen molar-refractivity contribution in [2.45, 2.75) is 25.4 Å². The maximum Gasteiger partial charge on any atom is 0.0317 e. The normalized spacial score (nSPS) is 20.7. The van der Waals surface area contributed by atoms with Gasteiger partial charge < -0.3 is 5.73 Å². The predicted molar refractivity (Wildman–Crippen MR) is 77.9 cm³/mol. The summed E-state index contributed by atoms with van der Waals surface area (Å²) >= 11 is 0. The summed E-state index contributed by atoms with van der Waals surface area (Å²) in [6.45, 7) is 3.30. The van der Waals surface area contributed by atoms with Gasteiger partial charge in [0.25, 0.3) is 0 Å². The maximum absolute atomic E-state index is 5.86. The highest BCUT2D eigenvalue weighted by Gasteiger charge is 2.29. The molecular weight excluding hydrogens is 232 g/mol. The molecule has 1 unspecified atom stereocenters. The molecule has 0 saturated heterocycles. The van der Waals surface area contributed by atoms with Gasteiger partial charge in [-0.1, -0.05) is 30.3 Å². The Balaban J connectivity index is 1.47. The van der Waals surface area contributed by atoms with Gasteiger partial charge in [0.05, 0.1) is 0 Å². The molecule has 2 aromatic rings. The smallest absolute Gasteiger partial charge is 0.0317 e. The molecule has 96 valence electrons. The van der Waals surface area contributed by atoms with Crippen molar-refractivity contribution in [2.24, 2.45) is 0 Å². The Morgan fingerprint density at radius 2 is 1.84 bits per heavy atom. The summed E-state index contributed by atoms with van der Waals surface area (Å²) in [7, 11) is 0. The van der Waals surface area contributed by atoms with Crippen LogP contribution in [0.2, 0.25) is 0 Å². The van der Waals surface area contributed by atoms with E-state index in [4.69, 9.17) is 5.73 Å². The van der Waals surface area contributed by atoms with E-state index in [1.807, 2.05) is 6.07 Å². The quantitative estimate of drug-likeness (QED) is 0.830. The number of hydrogen-bond donors (Lipinski definition) is 1. The lowest BCUT2D eigenvalue weighted by Crippen LogP contribution is -2.30. The van der Waals surface area contributed by atoms with Crippen molar-refractivity contribution in [1.82, 2.24) is 4.90 Å². The molecule has 19 heavy (non-hydrogen) atoms. The van der Waals surface area contributed by atoms with Crippen LogP contribution in [0.5, 0.6) is 0 Å². The fourth-order valence-corrected chi connectivity index (χ4v) is 3.45. The molecule has 2 N–H and O–H groups in total. The van der Waals surface area contributed by atoms with Gasteiger partial charge in [-0.25, -0.2) is 0 Å². The van der Waals surface area contributed by atoms with E-state index in [1.165, 1.54) is 29.7 Å². The number of nitrogen functional groups attached to an aromatic ring is 1. The van der Waals surface area contributed by atoms with Crippen molar-refractivity contribution >= 4 is 5.69 Å². The largest absolute Gasteiger partial charge is 0.399 e. The Bertz CT molecular complexity index is 633. The first-order valence-electron chi connectivity index (χ1n) is 6.97. The number of nitrogens with zero attached hydrogens (tertiary/aromatic N) is 1. The van der Waals surface area contributed by atoms with Crippen molar-refractivity contribution in [3.05, 3.63) is 64.7 Å². The zero-order chi connectivity index (χ0) is 12.8. The standard InChI is InChI=1S/C17H18N2/c18-16-6-5-13-9-19(10-14(13)8-16)11-15-7-12-3-1-2-4-17(12)15/h1-6,8,15H,7,9-11,18H2. The van der Waals surface area contributed by atoms with Crippen LogP contribution < -0.4 is 5.73 Å². The predicted octanol–water partition coefficient (Wildman–Crippen LogP) is 2.92. The van der Waals surface area contributed by atoms with E-state index < -0.39 is 0 Å². The molecular formula is C17H18N2. The second-order valence-electron chi connectivity index (χ2n) is 5.80. The van der Waals surface area contributed by atoms with Crippen molar-refractivity contribution in [3.63, 3.8) is 0 Å². The Kier molecular flexibility index (Phi) is 2.39. The number of hydrogen-bond acceptors (Lipinski definition) is 2. The number of nitrogens with two attached hydrogens (primary N) is 1. The summed E-state index contributed by atoms with van der Waals surface area (Å²) in [4.78, 5) is 2.55. The minimum atomic E-state index is 0.725. The molecule has 0 amide bonds. The Labute approximate surface area is 113 Å². The molecule has 2 heteroatoms. The molecule has 1 atom stereocenters. The molecule has 0 saturated carbocycles. The van der Waals surface area contributed by atoms with Gasteiger partial charge in [0, 0.05) is 31.2 Å². The fraction of sp³-hybridized carbons (Fsp3) is 0.294. The molecule has 1 aliphatic carbocycles. The topological polar surface area (TPSA) is 29.3 Å². The van der Waals surface area contributed by atoms with Gasteiger partial charge in [-0.15, -0.1) is 0 Å². The number of rotatable bonds is 2. The summed E-state index contributed by atoms with van der Waals surface area (Å²) < 4.78 is 0. The summed E-state index contributed by atoms with van der Waals surface area (Å²) in [5.41, 5.74) is 12.7. The summed E-state index contributed by atoms with van der Waals surface area (Å²) in [6.07, 6.45) is 1.24. The van der Waals surface area contributed by atoms with Crippen LogP contribution in [0.3, 0.4) is 0 Å². The fourth-order valence-electron chi connectivity index (χ4n) is 3.45. The number of benzene rings is 2. The van der Waals surface area contributed by atoms with Gasteiger partial charge in [-0.05, 0) is 40.8 Å². The van der Waals surface area contributed by atoms with E-state index in [2.05, 4.69) is 41.3 Å². The summed E-state index contributed by atoms with van der Waals surface area (Å²) in [6, 6.07) is 15.2. The van der Waals surface area contributed by atoms with E-state index in [9.17, 15) is 0 Å². The first kappa shape index (κ1) is 11.1. The first-order chi connectivity index (χ1) is 9.29. The zero-order valence-corrected chi connectivity index (χ0v) is 11.0. The van der Waals surface area contributed by atoms with E-state index >= 15 is 0 Å². The first-order valence-corrected chi connectivity index (χ1v) is 6.97. The lowest BCUT2D eigenvalue weighted by molar-refractivity contribution is 0.255. The van der Waals surface area contributed by atoms with Gasteiger partial charge in [0.1, 0.15) is 0 Å². The van der Waals surface area contributed by atoms with Crippen molar-refractivity contribution < 1.29 is 0 Å². The van der Waals surface area contributed by atoms with Crippen LogP contribution in [0.25, 0.3) is 0 Å². The van der Waals surface area contributed by atoms with Crippen LogP contribution in [0, 0.1) is 0 Å². The van der Waals surface area contributed by atoms with E-state index in [0.717, 1.165) is 24.7 Å². The monoisotopic (exact) mass is 250 g/mol. The Hall–Kier alpha value is -1.80. The van der Waals surface area contributed by atoms with Crippen LogP contribution >= 0.6 is 0 Å². The van der Waals surface area contributed by atoms with Gasteiger partial charge in [-0.3, -0.25) is 4.90 Å². The highest BCUT2D eigenvalue weighted by molar-refractivity contribution is 5.46. The van der Waals surface area contributed by atoms with Crippen LogP contribution in [-0.2, 0) is 19.5 Å². The second kappa shape index (κ2) is 4.10. The van der Waals surface area contributed by atoms with Gasteiger partial charge in [0.2, 0.25) is 0 Å². The lowest BCUT2D eigenvalue weighted by Gasteiger charge is -2.33. The summed E-state index contributed by atoms with van der Waals surface area (Å²) in [5.74, 6) is 0.725. The Morgan fingerprint density at radius 1 is 1.00 bits per heavy atom. The third-order valence-corrected chi connectivity index (χ3v) is 4.46. The zero-order valence-electron chi connectivity index (χ0n) is 11.0. The van der Waals surface area contributed by atoms with Crippen LogP contribution in [-0.4, -0.2) is 11.4 Å². The van der Waals surface area contributed by atoms with Gasteiger partial charge >= 0.3 is 0 Å². The number of fused-ring (bicyclic) bond motifs is 2. The third kappa shape index (κ3) is 1.83. The maximum atomic E-state index is 5.86. The lowest BCUT2D eigenvalue weighted by atomic mass is 9.77. The molecule has 0 bridgehead atoms. The molecule has 0 radical (unpaired) electrons. The highest BCUT2D eigenvalue weighted by Crippen LogP contribution is 2.37. The summed E-state index contributed by atoms with van der Waals surface area (Å²) in [5, 5.41) is 0. The minimum Gasteiger partial charge on any atom is -0.399 e. The van der Waals surface area contributed by atoms with E-state index in [0.29, 0.717) is 0 Å². The van der Waals surface area contributed by atoms with Crippen molar-refractivity contribution in [1.29, 1.82) is 0 Å². The van der Waals surface area contributed by atoms with E-state index in [1.54, 1.807) is 5.56 Å². The molecule has 2 aromatic carbocycles. The van der Waals surface area contributed by atoms with Crippen LogP contribution in [0.15, 0.2) is 42.5 Å². The average molecular weight is 250 g/mol. The van der Waals surface area contributed by atoms with Gasteiger partial charge in [-0.2, -0.15) is 0 Å². The van der Waals surface area contributed by atoms with Crippen molar-refractivity contribution in [3.8, 4) is 0 Å². The average Bonchev–Trinajstić information content (AvgIpc) is 2.77. The van der Waals surface area contributed by atoms with Crippen molar-refractivity contribution in [2.75, 3.05) is 12.3 Å². The molecule has 0 fully saturated rings. The highest BCUT2D eigenvalue weighted by atomic mass is 15.1. The third-order valence-electron chi connectivity index (χ3n) is 4.46. The van der Waals surface area contributed by atoms with Gasteiger partial charge in [0.15, 0.2) is 0 Å².